The molecule has 2 aromatic carbocycles. The highest BCUT2D eigenvalue weighted by Crippen LogP contribution is 2.28. The van der Waals surface area contributed by atoms with Crippen molar-refractivity contribution in [3.8, 4) is 17.6 Å². The Morgan fingerprint density at radius 3 is 2.54 bits per heavy atom. The Labute approximate surface area is 209 Å². The average molecular weight is 533 g/mol. The maximum atomic E-state index is 12.5. The van der Waals surface area contributed by atoms with E-state index in [1.54, 1.807) is 30.3 Å². The zero-order valence-electron chi connectivity index (χ0n) is 18.3. The van der Waals surface area contributed by atoms with Crippen LogP contribution in [0.2, 0.25) is 5.02 Å². The fraction of sp³-hybridized carbons (Fsp3) is 0.136. The van der Waals surface area contributed by atoms with Gasteiger partial charge in [-0.25, -0.2) is 13.2 Å². The second-order valence-corrected chi connectivity index (χ2v) is 10.0. The minimum Gasteiger partial charge on any atom is -0.497 e. The van der Waals surface area contributed by atoms with E-state index < -0.39 is 26.9 Å². The molecule has 10 nitrogen and oxygen atoms in total. The van der Waals surface area contributed by atoms with E-state index in [-0.39, 0.29) is 27.2 Å². The van der Waals surface area contributed by atoms with Gasteiger partial charge >= 0.3 is 5.97 Å². The van der Waals surface area contributed by atoms with Gasteiger partial charge in [0, 0.05) is 11.5 Å². The largest absolute Gasteiger partial charge is 0.497 e. The number of ether oxygens (including phenoxy) is 2. The number of carbonyl (C=O) groups is 2. The number of methoxy groups -OCH3 is 1. The molecule has 0 saturated carbocycles. The smallest absolute Gasteiger partial charge is 0.343 e. The van der Waals surface area contributed by atoms with Crippen molar-refractivity contribution in [1.82, 2.24) is 9.36 Å². The van der Waals surface area contributed by atoms with Crippen LogP contribution in [0.1, 0.15) is 22.8 Å². The zero-order valence-corrected chi connectivity index (χ0v) is 20.7. The second kappa shape index (κ2) is 11.1. The van der Waals surface area contributed by atoms with Gasteiger partial charge in [-0.1, -0.05) is 24.6 Å². The van der Waals surface area contributed by atoms with Gasteiger partial charge in [-0.15, -0.1) is 0 Å². The monoisotopic (exact) mass is 532 g/mol. The molecule has 0 unspecified atom stereocenters. The lowest BCUT2D eigenvalue weighted by molar-refractivity contribution is -0.112. The topological polar surface area (TPSA) is 148 Å². The van der Waals surface area contributed by atoms with E-state index in [0.29, 0.717) is 28.4 Å². The van der Waals surface area contributed by atoms with Crippen molar-refractivity contribution in [2.45, 2.75) is 12.1 Å². The van der Waals surface area contributed by atoms with Crippen molar-refractivity contribution in [1.29, 1.82) is 5.26 Å². The van der Waals surface area contributed by atoms with Crippen LogP contribution in [0.5, 0.6) is 11.5 Å². The van der Waals surface area contributed by atoms with Gasteiger partial charge in [0.2, 0.25) is 15.0 Å². The van der Waals surface area contributed by atoms with Gasteiger partial charge in [0.25, 0.3) is 11.1 Å². The lowest BCUT2D eigenvalue weighted by atomic mass is 10.1. The summed E-state index contributed by atoms with van der Waals surface area (Å²) in [5.41, 5.74) is 0.387. The van der Waals surface area contributed by atoms with E-state index in [1.807, 2.05) is 0 Å². The van der Waals surface area contributed by atoms with Gasteiger partial charge in [-0.2, -0.15) is 14.6 Å². The Morgan fingerprint density at radius 2 is 1.94 bits per heavy atom. The summed E-state index contributed by atoms with van der Waals surface area (Å²) >= 11 is 6.90. The molecule has 0 bridgehead atoms. The molecule has 3 rings (SSSR count). The number of nitriles is 1. The first-order chi connectivity index (χ1) is 16.7. The molecule has 0 radical (unpaired) electrons. The number of hydrogen-bond donors (Lipinski definition) is 1. The molecule has 1 heterocycles. The van der Waals surface area contributed by atoms with Crippen LogP contribution in [-0.2, 0) is 14.6 Å². The summed E-state index contributed by atoms with van der Waals surface area (Å²) in [6.07, 6.45) is 1.26. The Bertz CT molecular complexity index is 1440. The van der Waals surface area contributed by atoms with Crippen LogP contribution in [0, 0.1) is 11.3 Å². The van der Waals surface area contributed by atoms with E-state index in [9.17, 15) is 23.3 Å². The maximum Gasteiger partial charge on any atom is 0.343 e. The summed E-state index contributed by atoms with van der Waals surface area (Å²) in [6, 6.07) is 12.4. The first-order valence-corrected chi connectivity index (χ1v) is 12.6. The minimum absolute atomic E-state index is 0.0676. The van der Waals surface area contributed by atoms with Crippen LogP contribution in [0.25, 0.3) is 6.08 Å². The molecule has 0 aliphatic rings. The molecular weight excluding hydrogens is 516 g/mol. The third kappa shape index (κ3) is 6.42. The lowest BCUT2D eigenvalue weighted by Gasteiger charge is -2.08. The Morgan fingerprint density at radius 1 is 1.23 bits per heavy atom. The third-order valence-electron chi connectivity index (χ3n) is 4.45. The minimum atomic E-state index is -3.62. The Balaban J connectivity index is 1.73. The van der Waals surface area contributed by atoms with E-state index in [2.05, 4.69) is 14.7 Å². The second-order valence-electron chi connectivity index (χ2n) is 6.72. The van der Waals surface area contributed by atoms with E-state index in [4.69, 9.17) is 21.1 Å². The molecule has 13 heteroatoms. The number of esters is 1. The highest BCUT2D eigenvalue weighted by molar-refractivity contribution is 7.91. The van der Waals surface area contributed by atoms with Crippen LogP contribution < -0.4 is 14.8 Å². The predicted octanol–water partition coefficient (Wildman–Crippen LogP) is 3.76. The zero-order chi connectivity index (χ0) is 25.6. The standard InChI is InChI=1S/C22H17ClN4O6S2/c1-3-35(30,31)22-26-21(34-27-22)25-19(28)15(12-24)10-13-4-9-18(17(23)11-13)33-20(29)14-5-7-16(32-2)8-6-14/h4-11H,3H2,1-2H3,(H,25,26,27,28)/b15-10-. The van der Waals surface area contributed by atoms with Gasteiger partial charge in [0.05, 0.1) is 23.4 Å². The normalized spacial score (nSPS) is 11.4. The number of benzene rings is 2. The number of hydrogen-bond acceptors (Lipinski definition) is 10. The molecule has 1 amide bonds. The molecule has 0 fully saturated rings. The fourth-order valence-electron chi connectivity index (χ4n) is 2.57. The van der Waals surface area contributed by atoms with Crippen molar-refractivity contribution in [2.75, 3.05) is 18.2 Å². The molecule has 1 aromatic heterocycles. The van der Waals surface area contributed by atoms with Gasteiger partial charge < -0.3 is 9.47 Å². The van der Waals surface area contributed by atoms with Gasteiger partial charge in [0.1, 0.15) is 23.1 Å². The first kappa shape index (κ1) is 25.8. The average Bonchev–Trinajstić information content (AvgIpc) is 3.33. The number of carbonyl (C=O) groups excluding carboxylic acids is 2. The Hall–Kier alpha value is -3.79. The molecule has 1 N–H and O–H groups in total. The van der Waals surface area contributed by atoms with Crippen molar-refractivity contribution < 1.29 is 27.5 Å². The number of amides is 1. The van der Waals surface area contributed by atoms with E-state index >= 15 is 0 Å². The molecule has 180 valence electrons. The van der Waals surface area contributed by atoms with Crippen LogP contribution in [0.4, 0.5) is 5.13 Å². The quantitative estimate of drug-likeness (QED) is 0.198. The molecule has 0 saturated heterocycles. The summed E-state index contributed by atoms with van der Waals surface area (Å²) in [5, 5.41) is 11.4. The molecule has 0 aliphatic carbocycles. The number of halogens is 1. The fourth-order valence-corrected chi connectivity index (χ4v) is 4.38. The molecule has 0 aliphatic heterocycles. The molecule has 35 heavy (non-hydrogen) atoms. The van der Waals surface area contributed by atoms with Gasteiger partial charge in [-0.3, -0.25) is 10.1 Å². The summed E-state index contributed by atoms with van der Waals surface area (Å²) in [5.74, 6) is -0.949. The summed E-state index contributed by atoms with van der Waals surface area (Å²) < 4.78 is 37.7. The summed E-state index contributed by atoms with van der Waals surface area (Å²) in [6.45, 7) is 1.45. The SMILES string of the molecule is CCS(=O)(=O)c1nsc(NC(=O)/C(C#N)=C\c2ccc(OC(=O)c3ccc(OC)cc3)c(Cl)c2)n1. The molecular formula is C22H17ClN4O6S2. The molecule has 0 atom stereocenters. The summed E-state index contributed by atoms with van der Waals surface area (Å²) in [7, 11) is -2.11. The number of rotatable bonds is 8. The van der Waals surface area contributed by atoms with E-state index in [1.165, 1.54) is 38.3 Å². The Kier molecular flexibility index (Phi) is 8.18. The van der Waals surface area contributed by atoms with Gasteiger partial charge in [-0.05, 0) is 48.0 Å². The van der Waals surface area contributed by atoms with Crippen molar-refractivity contribution in [2.24, 2.45) is 0 Å². The predicted molar refractivity (Wildman–Crippen MR) is 129 cm³/mol. The van der Waals surface area contributed by atoms with Crippen molar-refractivity contribution in [3.05, 3.63) is 64.2 Å². The summed E-state index contributed by atoms with van der Waals surface area (Å²) in [4.78, 5) is 28.6. The number of aromatic nitrogens is 2. The first-order valence-electron chi connectivity index (χ1n) is 9.82. The van der Waals surface area contributed by atoms with Crippen LogP contribution in [0.15, 0.2) is 53.2 Å². The maximum absolute atomic E-state index is 12.5. The third-order valence-corrected chi connectivity index (χ3v) is 6.99. The number of sulfone groups is 1. The van der Waals surface area contributed by atoms with Crippen molar-refractivity contribution in [3.63, 3.8) is 0 Å². The van der Waals surface area contributed by atoms with Crippen molar-refractivity contribution >= 4 is 56.1 Å². The number of anilines is 1. The van der Waals surface area contributed by atoms with Crippen LogP contribution >= 0.6 is 23.1 Å². The van der Waals surface area contributed by atoms with Crippen LogP contribution in [0.3, 0.4) is 0 Å². The van der Waals surface area contributed by atoms with E-state index in [0.717, 1.165) is 0 Å². The molecule has 0 spiro atoms. The highest BCUT2D eigenvalue weighted by atomic mass is 35.5. The van der Waals surface area contributed by atoms with Gasteiger partial charge in [0.15, 0.2) is 0 Å². The van der Waals surface area contributed by atoms with Crippen LogP contribution in [-0.4, -0.2) is 42.5 Å². The highest BCUT2D eigenvalue weighted by Gasteiger charge is 2.20. The number of nitrogens with one attached hydrogen (secondary N) is 1. The number of nitrogens with zero attached hydrogens (tertiary/aromatic N) is 3. The lowest BCUT2D eigenvalue weighted by Crippen LogP contribution is -2.13. The molecule has 3 aromatic rings.